The molecule has 0 saturated carbocycles. The number of aromatic carboxylic acids is 1. The van der Waals surface area contributed by atoms with Gasteiger partial charge in [0.2, 0.25) is 10.0 Å². The number of carbonyl (C=O) groups excluding carboxylic acids is 1. The number of hydrogen-bond acceptors (Lipinski definition) is 4. The molecule has 5 nitrogen and oxygen atoms in total. The van der Waals surface area contributed by atoms with Gasteiger partial charge in [-0.25, -0.2) is 13.1 Å². The highest BCUT2D eigenvalue weighted by molar-refractivity contribution is 7.89. The zero-order valence-corrected chi connectivity index (χ0v) is 12.2. The van der Waals surface area contributed by atoms with Gasteiger partial charge in [-0.15, -0.1) is 0 Å². The van der Waals surface area contributed by atoms with Gasteiger partial charge in [0, 0.05) is 12.1 Å². The van der Waals surface area contributed by atoms with E-state index in [0.29, 0.717) is 5.56 Å². The molecular formula is C15H14NO4S-. The maximum atomic E-state index is 12.2. The Kier molecular flexibility index (Phi) is 4.40. The van der Waals surface area contributed by atoms with E-state index in [-0.39, 0.29) is 17.0 Å². The van der Waals surface area contributed by atoms with Crippen LogP contribution in [0, 0.1) is 6.92 Å². The predicted octanol–water partition coefficient (Wildman–Crippen LogP) is 0.837. The minimum Gasteiger partial charge on any atom is -0.545 e. The van der Waals surface area contributed by atoms with Crippen LogP contribution in [0.5, 0.6) is 0 Å². The number of carboxylic acids is 1. The van der Waals surface area contributed by atoms with Crippen LogP contribution in [-0.2, 0) is 16.6 Å². The molecule has 0 aliphatic rings. The lowest BCUT2D eigenvalue weighted by molar-refractivity contribution is -0.255. The van der Waals surface area contributed by atoms with E-state index < -0.39 is 16.0 Å². The molecule has 2 aromatic rings. The highest BCUT2D eigenvalue weighted by Crippen LogP contribution is 2.15. The molecule has 21 heavy (non-hydrogen) atoms. The monoisotopic (exact) mass is 304 g/mol. The predicted molar refractivity (Wildman–Crippen MR) is 76.0 cm³/mol. The van der Waals surface area contributed by atoms with Gasteiger partial charge in [0.05, 0.1) is 10.9 Å². The van der Waals surface area contributed by atoms with E-state index in [4.69, 9.17) is 0 Å². The molecule has 6 heteroatoms. The standard InChI is InChI=1S/C15H15NO4S/c1-11-7-8-13(9-14(11)15(17)18)21(19,20)16-10-12-5-3-2-4-6-12/h2-9,16H,10H2,1H3,(H,17,18)/p-1. The average Bonchev–Trinajstić information content (AvgIpc) is 2.46. The second kappa shape index (κ2) is 6.07. The van der Waals surface area contributed by atoms with Crippen molar-refractivity contribution in [1.82, 2.24) is 4.72 Å². The number of hydrogen-bond donors (Lipinski definition) is 1. The largest absolute Gasteiger partial charge is 0.545 e. The Balaban J connectivity index is 2.24. The molecule has 0 spiro atoms. The summed E-state index contributed by atoms with van der Waals surface area (Å²) >= 11 is 0. The summed E-state index contributed by atoms with van der Waals surface area (Å²) in [4.78, 5) is 10.9. The van der Waals surface area contributed by atoms with Crippen molar-refractivity contribution in [1.29, 1.82) is 0 Å². The van der Waals surface area contributed by atoms with E-state index in [1.165, 1.54) is 12.1 Å². The Labute approximate surface area is 123 Å². The molecule has 110 valence electrons. The molecule has 0 unspecified atom stereocenters. The number of nitrogens with one attached hydrogen (secondary N) is 1. The Morgan fingerprint density at radius 3 is 2.43 bits per heavy atom. The second-order valence-corrected chi connectivity index (χ2v) is 6.34. The fourth-order valence-electron chi connectivity index (χ4n) is 1.85. The minimum absolute atomic E-state index is 0.0942. The van der Waals surface area contributed by atoms with Crippen LogP contribution in [0.15, 0.2) is 53.4 Å². The molecule has 0 bridgehead atoms. The molecule has 0 aliphatic heterocycles. The zero-order chi connectivity index (χ0) is 15.5. The third kappa shape index (κ3) is 3.68. The quantitative estimate of drug-likeness (QED) is 0.886. The summed E-state index contributed by atoms with van der Waals surface area (Å²) in [7, 11) is -3.77. The van der Waals surface area contributed by atoms with Crippen LogP contribution in [-0.4, -0.2) is 14.4 Å². The van der Waals surface area contributed by atoms with Crippen LogP contribution in [0.25, 0.3) is 0 Å². The molecule has 0 atom stereocenters. The van der Waals surface area contributed by atoms with E-state index in [9.17, 15) is 18.3 Å². The van der Waals surface area contributed by atoms with E-state index in [1.54, 1.807) is 19.1 Å². The van der Waals surface area contributed by atoms with E-state index in [1.807, 2.05) is 18.2 Å². The van der Waals surface area contributed by atoms with Gasteiger partial charge in [-0.3, -0.25) is 0 Å². The van der Waals surface area contributed by atoms with Gasteiger partial charge in [-0.1, -0.05) is 36.4 Å². The number of benzene rings is 2. The van der Waals surface area contributed by atoms with Gasteiger partial charge in [-0.2, -0.15) is 0 Å². The maximum absolute atomic E-state index is 12.2. The van der Waals surface area contributed by atoms with Crippen molar-refractivity contribution in [2.45, 2.75) is 18.4 Å². The van der Waals surface area contributed by atoms with Crippen LogP contribution in [0.4, 0.5) is 0 Å². The summed E-state index contributed by atoms with van der Waals surface area (Å²) in [5, 5.41) is 11.0. The fourth-order valence-corrected chi connectivity index (χ4v) is 2.89. The van der Waals surface area contributed by atoms with Crippen molar-refractivity contribution < 1.29 is 18.3 Å². The molecule has 2 rings (SSSR count). The van der Waals surface area contributed by atoms with Gasteiger partial charge < -0.3 is 9.90 Å². The molecule has 0 radical (unpaired) electrons. The SMILES string of the molecule is Cc1ccc(S(=O)(=O)NCc2ccccc2)cc1C(=O)[O-]. The summed E-state index contributed by atoms with van der Waals surface area (Å²) < 4.78 is 26.8. The van der Waals surface area contributed by atoms with Crippen LogP contribution < -0.4 is 9.83 Å². The van der Waals surface area contributed by atoms with Crippen molar-refractivity contribution in [3.8, 4) is 0 Å². The lowest BCUT2D eigenvalue weighted by Gasteiger charge is -2.11. The highest BCUT2D eigenvalue weighted by atomic mass is 32.2. The number of sulfonamides is 1. The van der Waals surface area contributed by atoms with Gasteiger partial charge in [-0.05, 0) is 30.2 Å². The van der Waals surface area contributed by atoms with Gasteiger partial charge in [0.25, 0.3) is 0 Å². The number of rotatable bonds is 5. The van der Waals surface area contributed by atoms with Crippen molar-refractivity contribution >= 4 is 16.0 Å². The molecule has 0 aliphatic carbocycles. The Hall–Kier alpha value is -2.18. The Morgan fingerprint density at radius 2 is 1.81 bits per heavy atom. The summed E-state index contributed by atoms with van der Waals surface area (Å²) in [6.45, 7) is 1.72. The minimum atomic E-state index is -3.77. The van der Waals surface area contributed by atoms with Crippen LogP contribution in [0.3, 0.4) is 0 Å². The third-order valence-electron chi connectivity index (χ3n) is 3.05. The fraction of sp³-hybridized carbons (Fsp3) is 0.133. The van der Waals surface area contributed by atoms with Gasteiger partial charge in [0.15, 0.2) is 0 Å². The third-order valence-corrected chi connectivity index (χ3v) is 4.45. The molecule has 0 aromatic heterocycles. The molecule has 0 fully saturated rings. The first-order valence-electron chi connectivity index (χ1n) is 6.26. The van der Waals surface area contributed by atoms with Gasteiger partial charge in [0.1, 0.15) is 0 Å². The average molecular weight is 304 g/mol. The van der Waals surface area contributed by atoms with E-state index in [2.05, 4.69) is 4.72 Å². The van der Waals surface area contributed by atoms with Crippen molar-refractivity contribution in [3.63, 3.8) is 0 Å². The highest BCUT2D eigenvalue weighted by Gasteiger charge is 2.15. The molecule has 2 aromatic carbocycles. The topological polar surface area (TPSA) is 86.3 Å². The molecule has 0 saturated heterocycles. The molecule has 0 amide bonds. The van der Waals surface area contributed by atoms with Gasteiger partial charge >= 0.3 is 0 Å². The first-order chi connectivity index (χ1) is 9.90. The normalized spacial score (nSPS) is 11.3. The number of carboxylic acid groups (broad SMARTS) is 1. The zero-order valence-electron chi connectivity index (χ0n) is 11.4. The summed E-state index contributed by atoms with van der Waals surface area (Å²) in [6.07, 6.45) is 0. The lowest BCUT2D eigenvalue weighted by atomic mass is 10.1. The van der Waals surface area contributed by atoms with Crippen molar-refractivity contribution in [3.05, 3.63) is 65.2 Å². The Morgan fingerprint density at radius 1 is 1.14 bits per heavy atom. The second-order valence-electron chi connectivity index (χ2n) is 4.57. The molecule has 1 N–H and O–H groups in total. The van der Waals surface area contributed by atoms with Crippen molar-refractivity contribution in [2.75, 3.05) is 0 Å². The molecule has 0 heterocycles. The van der Waals surface area contributed by atoms with Crippen LogP contribution >= 0.6 is 0 Å². The van der Waals surface area contributed by atoms with E-state index >= 15 is 0 Å². The maximum Gasteiger partial charge on any atom is 0.240 e. The molecular weight excluding hydrogens is 290 g/mol. The first kappa shape index (κ1) is 15.2. The summed E-state index contributed by atoms with van der Waals surface area (Å²) in [5.41, 5.74) is 1.14. The lowest BCUT2D eigenvalue weighted by Crippen LogP contribution is -2.26. The number of aryl methyl sites for hydroxylation is 1. The Bertz CT molecular complexity index is 754. The first-order valence-corrected chi connectivity index (χ1v) is 7.74. The summed E-state index contributed by atoms with van der Waals surface area (Å²) in [5.74, 6) is -1.40. The smallest absolute Gasteiger partial charge is 0.240 e. The summed E-state index contributed by atoms with van der Waals surface area (Å²) in [6, 6.07) is 13.0. The van der Waals surface area contributed by atoms with Crippen molar-refractivity contribution in [2.24, 2.45) is 0 Å². The van der Waals surface area contributed by atoms with Crippen LogP contribution in [0.1, 0.15) is 21.5 Å². The number of carbonyl (C=O) groups is 1. The van der Waals surface area contributed by atoms with Crippen LogP contribution in [0.2, 0.25) is 0 Å². The van der Waals surface area contributed by atoms with E-state index in [0.717, 1.165) is 11.6 Å².